The highest BCUT2D eigenvalue weighted by Gasteiger charge is 2.53. The molecule has 2 aliphatic carbocycles. The van der Waals surface area contributed by atoms with Gasteiger partial charge in [-0.3, -0.25) is 0 Å². The zero-order valence-corrected chi connectivity index (χ0v) is 30.3. The van der Waals surface area contributed by atoms with E-state index >= 15 is 0 Å². The lowest BCUT2D eigenvalue weighted by Gasteiger charge is -2.31. The van der Waals surface area contributed by atoms with Crippen LogP contribution in [0.3, 0.4) is 0 Å². The van der Waals surface area contributed by atoms with Crippen LogP contribution in [0.1, 0.15) is 22.3 Å². The Morgan fingerprint density at radius 1 is 0.357 bits per heavy atom. The Bertz CT molecular complexity index is 3110. The molecule has 2 aromatic heterocycles. The number of aromatic nitrogens is 4. The minimum atomic E-state index is -0.587. The Labute approximate surface area is 324 Å². The van der Waals surface area contributed by atoms with Crippen molar-refractivity contribution in [1.29, 1.82) is 0 Å². The first-order valence-corrected chi connectivity index (χ1v) is 19.1. The van der Waals surface area contributed by atoms with Crippen molar-refractivity contribution in [3.8, 4) is 62.1 Å². The molecule has 2 aliphatic rings. The molecule has 4 nitrogen and oxygen atoms in total. The van der Waals surface area contributed by atoms with Gasteiger partial charge in [0.2, 0.25) is 0 Å². The fraction of sp³-hybridized carbons (Fsp3) is 0.0192. The van der Waals surface area contributed by atoms with Crippen molar-refractivity contribution >= 4 is 21.8 Å². The first-order chi connectivity index (χ1) is 27.8. The van der Waals surface area contributed by atoms with Gasteiger partial charge in [0.1, 0.15) is 0 Å². The molecule has 260 valence electrons. The Hall–Kier alpha value is -7.43. The molecule has 12 rings (SSSR count). The zero-order chi connectivity index (χ0) is 36.8. The van der Waals surface area contributed by atoms with E-state index in [9.17, 15) is 0 Å². The first-order valence-electron chi connectivity index (χ1n) is 19.1. The van der Waals surface area contributed by atoms with Crippen LogP contribution in [-0.4, -0.2) is 19.5 Å². The standard InChI is InChI=1S/C52H32N4/c1-4-16-33(17-5-1)49-53-50(34-18-6-2-7-19-34)55-51(54-49)35-28-29-39-37-22-10-13-25-42(37)52(44(39)32-35)43-26-14-11-23-38(43)40-30-31-46-47(48(40)52)41-24-12-15-27-45(41)56(46)36-20-8-3-9-21-36/h1-32H. The molecule has 56 heavy (non-hydrogen) atoms. The lowest BCUT2D eigenvalue weighted by Crippen LogP contribution is -2.26. The molecule has 0 aliphatic heterocycles. The number of nitrogens with zero attached hydrogens (tertiary/aromatic N) is 4. The monoisotopic (exact) mass is 712 g/mol. The lowest BCUT2D eigenvalue weighted by atomic mass is 9.69. The van der Waals surface area contributed by atoms with Crippen molar-refractivity contribution in [1.82, 2.24) is 19.5 Å². The van der Waals surface area contributed by atoms with Crippen LogP contribution in [0.2, 0.25) is 0 Å². The van der Waals surface area contributed by atoms with Gasteiger partial charge in [-0.15, -0.1) is 0 Å². The third kappa shape index (κ3) is 4.21. The largest absolute Gasteiger partial charge is 0.309 e. The van der Waals surface area contributed by atoms with Gasteiger partial charge < -0.3 is 4.57 Å². The normalized spacial score (nSPS) is 14.9. The molecule has 10 aromatic rings. The zero-order valence-electron chi connectivity index (χ0n) is 30.3. The van der Waals surface area contributed by atoms with Crippen LogP contribution in [0.4, 0.5) is 0 Å². The highest BCUT2D eigenvalue weighted by atomic mass is 15.0. The number of para-hydroxylation sites is 2. The molecular formula is C52H32N4. The summed E-state index contributed by atoms with van der Waals surface area (Å²) in [5.74, 6) is 1.96. The van der Waals surface area contributed by atoms with E-state index in [0.717, 1.165) is 22.4 Å². The summed E-state index contributed by atoms with van der Waals surface area (Å²) in [7, 11) is 0. The molecule has 2 heterocycles. The highest BCUT2D eigenvalue weighted by molar-refractivity contribution is 6.16. The third-order valence-electron chi connectivity index (χ3n) is 11.9. The molecule has 1 spiro atoms. The van der Waals surface area contributed by atoms with Crippen LogP contribution in [0.5, 0.6) is 0 Å². The van der Waals surface area contributed by atoms with Crippen LogP contribution >= 0.6 is 0 Å². The molecule has 1 unspecified atom stereocenters. The number of rotatable bonds is 4. The minimum Gasteiger partial charge on any atom is -0.309 e. The maximum Gasteiger partial charge on any atom is 0.164 e. The van der Waals surface area contributed by atoms with Gasteiger partial charge in [0.15, 0.2) is 17.5 Å². The van der Waals surface area contributed by atoms with E-state index in [-0.39, 0.29) is 0 Å². The fourth-order valence-electron chi connectivity index (χ4n) is 9.63. The van der Waals surface area contributed by atoms with E-state index in [0.29, 0.717) is 17.5 Å². The van der Waals surface area contributed by atoms with Crippen LogP contribution in [0.25, 0.3) is 83.9 Å². The maximum absolute atomic E-state index is 5.18. The second-order valence-electron chi connectivity index (χ2n) is 14.7. The van der Waals surface area contributed by atoms with Gasteiger partial charge in [-0.1, -0.05) is 164 Å². The molecular weight excluding hydrogens is 681 g/mol. The van der Waals surface area contributed by atoms with Gasteiger partial charge in [0.25, 0.3) is 0 Å². The van der Waals surface area contributed by atoms with Gasteiger partial charge in [-0.25, -0.2) is 15.0 Å². The van der Waals surface area contributed by atoms with Crippen LogP contribution in [0.15, 0.2) is 194 Å². The second-order valence-corrected chi connectivity index (χ2v) is 14.7. The SMILES string of the molecule is c1ccc(-c2nc(-c3ccccc3)nc(-c3ccc4c(c3)C3(c5ccccc5-4)c4ccccc4-c4ccc5c(c43)c3ccccc3n5-c3ccccc3)n2)cc1. The number of fused-ring (bicyclic) bond motifs is 14. The quantitative estimate of drug-likeness (QED) is 0.182. The summed E-state index contributed by atoms with van der Waals surface area (Å²) >= 11 is 0. The second kappa shape index (κ2) is 11.8. The van der Waals surface area contributed by atoms with E-state index in [2.05, 4.69) is 162 Å². The Kier molecular flexibility index (Phi) is 6.52. The number of benzene rings is 8. The van der Waals surface area contributed by atoms with E-state index in [1.165, 1.54) is 66.3 Å². The molecule has 0 bridgehead atoms. The van der Waals surface area contributed by atoms with E-state index in [1.54, 1.807) is 0 Å². The average molecular weight is 713 g/mol. The summed E-state index contributed by atoms with van der Waals surface area (Å²) in [6.07, 6.45) is 0. The first kappa shape index (κ1) is 31.0. The van der Waals surface area contributed by atoms with Gasteiger partial charge in [-0.05, 0) is 74.8 Å². The third-order valence-corrected chi connectivity index (χ3v) is 11.9. The van der Waals surface area contributed by atoms with Crippen molar-refractivity contribution in [2.24, 2.45) is 0 Å². The molecule has 0 saturated heterocycles. The molecule has 0 N–H and O–H groups in total. The summed E-state index contributed by atoms with van der Waals surface area (Å²) in [4.78, 5) is 15.4. The van der Waals surface area contributed by atoms with Crippen LogP contribution < -0.4 is 0 Å². The van der Waals surface area contributed by atoms with E-state index in [4.69, 9.17) is 15.0 Å². The number of hydrogen-bond acceptors (Lipinski definition) is 3. The minimum absolute atomic E-state index is 0.587. The predicted octanol–water partition coefficient (Wildman–Crippen LogP) is 12.3. The lowest BCUT2D eigenvalue weighted by molar-refractivity contribution is 0.802. The molecule has 8 aromatic carbocycles. The van der Waals surface area contributed by atoms with Crippen molar-refractivity contribution in [2.45, 2.75) is 5.41 Å². The van der Waals surface area contributed by atoms with E-state index < -0.39 is 5.41 Å². The topological polar surface area (TPSA) is 43.6 Å². The highest BCUT2D eigenvalue weighted by Crippen LogP contribution is 2.65. The van der Waals surface area contributed by atoms with Crippen molar-refractivity contribution < 1.29 is 0 Å². The number of hydrogen-bond donors (Lipinski definition) is 0. The molecule has 0 saturated carbocycles. The average Bonchev–Trinajstić information content (AvgIpc) is 3.88. The Morgan fingerprint density at radius 2 is 0.857 bits per heavy atom. The summed E-state index contributed by atoms with van der Waals surface area (Å²) in [6, 6.07) is 69.6. The fourth-order valence-corrected chi connectivity index (χ4v) is 9.63. The summed E-state index contributed by atoms with van der Waals surface area (Å²) in [5.41, 5.74) is 16.0. The molecule has 0 radical (unpaired) electrons. The van der Waals surface area contributed by atoms with Gasteiger partial charge in [-0.2, -0.15) is 0 Å². The van der Waals surface area contributed by atoms with Crippen LogP contribution in [-0.2, 0) is 5.41 Å². The van der Waals surface area contributed by atoms with Crippen molar-refractivity contribution in [2.75, 3.05) is 0 Å². The van der Waals surface area contributed by atoms with Gasteiger partial charge in [0, 0.05) is 33.2 Å². The Balaban J connectivity index is 1.19. The molecule has 0 fully saturated rings. The predicted molar refractivity (Wildman–Crippen MR) is 227 cm³/mol. The van der Waals surface area contributed by atoms with Crippen molar-refractivity contribution in [3.05, 3.63) is 216 Å². The van der Waals surface area contributed by atoms with Crippen molar-refractivity contribution in [3.63, 3.8) is 0 Å². The molecule has 4 heteroatoms. The smallest absolute Gasteiger partial charge is 0.164 e. The Morgan fingerprint density at radius 3 is 1.52 bits per heavy atom. The van der Waals surface area contributed by atoms with Crippen LogP contribution in [0, 0.1) is 0 Å². The maximum atomic E-state index is 5.18. The summed E-state index contributed by atoms with van der Waals surface area (Å²) in [6.45, 7) is 0. The molecule has 0 amide bonds. The molecule has 1 atom stereocenters. The van der Waals surface area contributed by atoms with E-state index in [1.807, 2.05) is 36.4 Å². The van der Waals surface area contributed by atoms with Gasteiger partial charge in [0.05, 0.1) is 16.4 Å². The summed E-state index contributed by atoms with van der Waals surface area (Å²) in [5, 5.41) is 2.53. The summed E-state index contributed by atoms with van der Waals surface area (Å²) < 4.78 is 2.43. The van der Waals surface area contributed by atoms with Gasteiger partial charge >= 0.3 is 0 Å².